The van der Waals surface area contributed by atoms with Gasteiger partial charge < -0.3 is 10.1 Å². The van der Waals surface area contributed by atoms with E-state index in [-0.39, 0.29) is 5.91 Å². The van der Waals surface area contributed by atoms with Gasteiger partial charge in [0.15, 0.2) is 0 Å². The van der Waals surface area contributed by atoms with Gasteiger partial charge in [0.05, 0.1) is 6.54 Å². The first-order valence-corrected chi connectivity index (χ1v) is 7.18. The monoisotopic (exact) mass is 333 g/mol. The standard InChI is InChI=1S/C16H16BrNO2/c1-12-3-2-4-13(11-12)16(19)18-9-10-20-15-7-5-14(17)6-8-15/h2-8,11H,9-10H2,1H3,(H,18,19). The topological polar surface area (TPSA) is 38.3 Å². The van der Waals surface area contributed by atoms with Gasteiger partial charge in [-0.1, -0.05) is 33.6 Å². The molecule has 0 aromatic heterocycles. The van der Waals surface area contributed by atoms with Gasteiger partial charge in [-0.15, -0.1) is 0 Å². The summed E-state index contributed by atoms with van der Waals surface area (Å²) in [4.78, 5) is 11.9. The maximum atomic E-state index is 11.9. The summed E-state index contributed by atoms with van der Waals surface area (Å²) in [6, 6.07) is 15.1. The number of hydrogen-bond acceptors (Lipinski definition) is 2. The molecule has 0 aliphatic rings. The molecule has 1 N–H and O–H groups in total. The Morgan fingerprint density at radius 1 is 1.20 bits per heavy atom. The molecule has 0 unspecified atom stereocenters. The molecular formula is C16H16BrNO2. The van der Waals surface area contributed by atoms with Crippen LogP contribution < -0.4 is 10.1 Å². The van der Waals surface area contributed by atoms with E-state index in [1.54, 1.807) is 6.07 Å². The highest BCUT2D eigenvalue weighted by atomic mass is 79.9. The summed E-state index contributed by atoms with van der Waals surface area (Å²) in [7, 11) is 0. The Kier molecular flexibility index (Phi) is 5.18. The molecule has 0 bridgehead atoms. The van der Waals surface area contributed by atoms with Crippen molar-refractivity contribution in [2.75, 3.05) is 13.2 Å². The number of carbonyl (C=O) groups excluding carboxylic acids is 1. The summed E-state index contributed by atoms with van der Waals surface area (Å²) in [6.45, 7) is 2.88. The van der Waals surface area contributed by atoms with Crippen LogP contribution in [0.3, 0.4) is 0 Å². The van der Waals surface area contributed by atoms with Crippen molar-refractivity contribution in [3.63, 3.8) is 0 Å². The van der Waals surface area contributed by atoms with Crippen LogP contribution in [0.15, 0.2) is 53.0 Å². The number of carbonyl (C=O) groups is 1. The van der Waals surface area contributed by atoms with Gasteiger partial charge in [-0.3, -0.25) is 4.79 Å². The third-order valence-corrected chi connectivity index (χ3v) is 3.28. The van der Waals surface area contributed by atoms with Crippen LogP contribution >= 0.6 is 15.9 Å². The van der Waals surface area contributed by atoms with Crippen LogP contribution in [0, 0.1) is 6.92 Å². The maximum Gasteiger partial charge on any atom is 0.251 e. The highest BCUT2D eigenvalue weighted by Crippen LogP contribution is 2.15. The Morgan fingerprint density at radius 3 is 2.65 bits per heavy atom. The second-order valence-electron chi connectivity index (χ2n) is 4.43. The normalized spacial score (nSPS) is 10.1. The lowest BCUT2D eigenvalue weighted by Gasteiger charge is -2.08. The van der Waals surface area contributed by atoms with Crippen molar-refractivity contribution in [3.8, 4) is 5.75 Å². The van der Waals surface area contributed by atoms with Crippen LogP contribution in [0.5, 0.6) is 5.75 Å². The molecule has 3 nitrogen and oxygen atoms in total. The van der Waals surface area contributed by atoms with E-state index in [9.17, 15) is 4.79 Å². The molecule has 2 aromatic rings. The summed E-state index contributed by atoms with van der Waals surface area (Å²) in [5, 5.41) is 2.83. The highest BCUT2D eigenvalue weighted by molar-refractivity contribution is 9.10. The van der Waals surface area contributed by atoms with E-state index in [0.717, 1.165) is 15.8 Å². The second-order valence-corrected chi connectivity index (χ2v) is 5.34. The molecule has 4 heteroatoms. The van der Waals surface area contributed by atoms with Crippen LogP contribution in [-0.4, -0.2) is 19.1 Å². The fourth-order valence-electron chi connectivity index (χ4n) is 1.75. The number of halogens is 1. The Hall–Kier alpha value is -1.81. The number of hydrogen-bond donors (Lipinski definition) is 1. The number of aryl methyl sites for hydroxylation is 1. The average molecular weight is 334 g/mol. The minimum atomic E-state index is -0.0758. The van der Waals surface area contributed by atoms with Crippen LogP contribution in [0.25, 0.3) is 0 Å². The molecule has 104 valence electrons. The predicted molar refractivity (Wildman–Crippen MR) is 83.1 cm³/mol. The van der Waals surface area contributed by atoms with Crippen molar-refractivity contribution in [2.45, 2.75) is 6.92 Å². The van der Waals surface area contributed by atoms with Crippen LogP contribution in [0.1, 0.15) is 15.9 Å². The smallest absolute Gasteiger partial charge is 0.251 e. The molecule has 1 amide bonds. The van der Waals surface area contributed by atoms with Crippen molar-refractivity contribution < 1.29 is 9.53 Å². The molecule has 0 radical (unpaired) electrons. The van der Waals surface area contributed by atoms with E-state index in [1.807, 2.05) is 49.4 Å². The van der Waals surface area contributed by atoms with Gasteiger partial charge in [0.25, 0.3) is 5.91 Å². The fraction of sp³-hybridized carbons (Fsp3) is 0.188. The van der Waals surface area contributed by atoms with E-state index >= 15 is 0 Å². The summed E-state index contributed by atoms with van der Waals surface area (Å²) in [6.07, 6.45) is 0. The zero-order valence-electron chi connectivity index (χ0n) is 11.2. The quantitative estimate of drug-likeness (QED) is 0.849. The Bertz CT molecular complexity index is 581. The Labute approximate surface area is 127 Å². The van der Waals surface area contributed by atoms with Crippen LogP contribution in [-0.2, 0) is 0 Å². The molecule has 0 aliphatic carbocycles. The number of ether oxygens (including phenoxy) is 1. The number of rotatable bonds is 5. The summed E-state index contributed by atoms with van der Waals surface area (Å²) < 4.78 is 6.55. The first-order valence-electron chi connectivity index (χ1n) is 6.38. The van der Waals surface area contributed by atoms with Gasteiger partial charge in [-0.2, -0.15) is 0 Å². The van der Waals surface area contributed by atoms with E-state index in [4.69, 9.17) is 4.74 Å². The zero-order chi connectivity index (χ0) is 14.4. The van der Waals surface area contributed by atoms with E-state index in [1.165, 1.54) is 0 Å². The predicted octanol–water partition coefficient (Wildman–Crippen LogP) is 3.57. The number of benzene rings is 2. The molecule has 0 saturated carbocycles. The number of nitrogens with one attached hydrogen (secondary N) is 1. The van der Waals surface area contributed by atoms with E-state index in [2.05, 4.69) is 21.2 Å². The Balaban J connectivity index is 1.76. The average Bonchev–Trinajstić information content (AvgIpc) is 2.45. The highest BCUT2D eigenvalue weighted by Gasteiger charge is 2.04. The molecule has 0 saturated heterocycles. The molecule has 0 spiro atoms. The van der Waals surface area contributed by atoms with Crippen LogP contribution in [0.2, 0.25) is 0 Å². The molecular weight excluding hydrogens is 318 g/mol. The zero-order valence-corrected chi connectivity index (χ0v) is 12.8. The van der Waals surface area contributed by atoms with Crippen LogP contribution in [0.4, 0.5) is 0 Å². The van der Waals surface area contributed by atoms with Gasteiger partial charge in [-0.05, 0) is 43.3 Å². The SMILES string of the molecule is Cc1cccc(C(=O)NCCOc2ccc(Br)cc2)c1. The van der Waals surface area contributed by atoms with Crippen molar-refractivity contribution in [1.82, 2.24) is 5.32 Å². The summed E-state index contributed by atoms with van der Waals surface area (Å²) in [5.41, 5.74) is 1.75. The minimum Gasteiger partial charge on any atom is -0.492 e. The van der Waals surface area contributed by atoms with Gasteiger partial charge in [-0.25, -0.2) is 0 Å². The van der Waals surface area contributed by atoms with Gasteiger partial charge in [0.1, 0.15) is 12.4 Å². The molecule has 0 atom stereocenters. The van der Waals surface area contributed by atoms with Crippen molar-refractivity contribution in [2.24, 2.45) is 0 Å². The molecule has 0 fully saturated rings. The van der Waals surface area contributed by atoms with E-state index in [0.29, 0.717) is 18.7 Å². The number of amides is 1. The van der Waals surface area contributed by atoms with Gasteiger partial charge in [0, 0.05) is 10.0 Å². The van der Waals surface area contributed by atoms with E-state index < -0.39 is 0 Å². The molecule has 2 aromatic carbocycles. The molecule has 0 aliphatic heterocycles. The Morgan fingerprint density at radius 2 is 1.95 bits per heavy atom. The van der Waals surface area contributed by atoms with Gasteiger partial charge in [0.2, 0.25) is 0 Å². The van der Waals surface area contributed by atoms with Gasteiger partial charge >= 0.3 is 0 Å². The molecule has 0 heterocycles. The summed E-state index contributed by atoms with van der Waals surface area (Å²) in [5.74, 6) is 0.714. The lowest BCUT2D eigenvalue weighted by molar-refractivity contribution is 0.0947. The van der Waals surface area contributed by atoms with Crippen molar-refractivity contribution in [3.05, 3.63) is 64.1 Å². The molecule has 20 heavy (non-hydrogen) atoms. The first-order chi connectivity index (χ1) is 9.65. The second kappa shape index (κ2) is 7.10. The molecule has 2 rings (SSSR count). The first kappa shape index (κ1) is 14.6. The lowest BCUT2D eigenvalue weighted by Crippen LogP contribution is -2.28. The lowest BCUT2D eigenvalue weighted by atomic mass is 10.1. The van der Waals surface area contributed by atoms with Crippen molar-refractivity contribution in [1.29, 1.82) is 0 Å². The van der Waals surface area contributed by atoms with Crippen molar-refractivity contribution >= 4 is 21.8 Å². The third-order valence-electron chi connectivity index (χ3n) is 2.75. The largest absolute Gasteiger partial charge is 0.492 e. The minimum absolute atomic E-state index is 0.0758. The maximum absolute atomic E-state index is 11.9. The summed E-state index contributed by atoms with van der Waals surface area (Å²) >= 11 is 3.37. The third kappa shape index (κ3) is 4.38. The fourth-order valence-corrected chi connectivity index (χ4v) is 2.02.